The van der Waals surface area contributed by atoms with Crippen molar-refractivity contribution in [1.82, 2.24) is 4.98 Å². The Morgan fingerprint density at radius 3 is 2.76 bits per heavy atom. The number of alkyl halides is 2. The van der Waals surface area contributed by atoms with Crippen LogP contribution in [0.25, 0.3) is 5.57 Å². The molecule has 0 aliphatic rings. The largest absolute Gasteiger partial charge is 0.434 e. The summed E-state index contributed by atoms with van der Waals surface area (Å²) in [5, 5.41) is 0.000557. The maximum Gasteiger partial charge on any atom is 0.387 e. The van der Waals surface area contributed by atoms with Gasteiger partial charge in [0.2, 0.25) is 0 Å². The molecule has 0 unspecified atom stereocenters. The quantitative estimate of drug-likeness (QED) is 0.497. The lowest BCUT2D eigenvalue weighted by Crippen LogP contribution is -2.06. The van der Waals surface area contributed by atoms with Gasteiger partial charge in [-0.15, -0.1) is 0 Å². The summed E-state index contributed by atoms with van der Waals surface area (Å²) < 4.78 is 28.9. The predicted octanol–water partition coefficient (Wildman–Crippen LogP) is 2.93. The van der Waals surface area contributed by atoms with Gasteiger partial charge in [-0.3, -0.25) is 4.99 Å². The monoisotopic (exact) mass is 319 g/mol. The van der Waals surface area contributed by atoms with E-state index in [0.717, 1.165) is 12.3 Å². The van der Waals surface area contributed by atoms with Crippen LogP contribution in [0.4, 0.5) is 8.78 Å². The van der Waals surface area contributed by atoms with Crippen molar-refractivity contribution in [2.24, 2.45) is 10.7 Å². The van der Waals surface area contributed by atoms with Gasteiger partial charge >= 0.3 is 6.61 Å². The van der Waals surface area contributed by atoms with Gasteiger partial charge in [-0.05, 0) is 0 Å². The van der Waals surface area contributed by atoms with E-state index in [2.05, 4.69) is 14.7 Å². The van der Waals surface area contributed by atoms with Crippen LogP contribution in [-0.2, 0) is 4.79 Å². The number of pyridine rings is 1. The minimum atomic E-state index is -3.01. The number of aromatic nitrogens is 1. The highest BCUT2D eigenvalue weighted by Crippen LogP contribution is 2.27. The number of ether oxygens (including phenoxy) is 1. The smallest absolute Gasteiger partial charge is 0.387 e. The van der Waals surface area contributed by atoms with E-state index in [9.17, 15) is 13.6 Å². The van der Waals surface area contributed by atoms with Gasteiger partial charge in [0, 0.05) is 35.8 Å². The van der Waals surface area contributed by atoms with Crippen LogP contribution < -0.4 is 10.5 Å². The number of carbonyl (C=O) groups excluding carboxylic acids is 1. The maximum atomic E-state index is 12.3. The summed E-state index contributed by atoms with van der Waals surface area (Å²) in [6.07, 6.45) is 4.21. The SMILES string of the molecule is CC.N/C=C(\C=NCC=O)c1cnc(Cl)cc1OC(F)F. The Labute approximate surface area is 126 Å². The average Bonchev–Trinajstić information content (AvgIpc) is 2.46. The van der Waals surface area contributed by atoms with Gasteiger partial charge in [0.15, 0.2) is 0 Å². The number of hydrogen-bond acceptors (Lipinski definition) is 5. The van der Waals surface area contributed by atoms with Crippen molar-refractivity contribution in [3.63, 3.8) is 0 Å². The molecule has 5 nitrogen and oxygen atoms in total. The van der Waals surface area contributed by atoms with E-state index < -0.39 is 6.61 Å². The predicted molar refractivity (Wildman–Crippen MR) is 78.8 cm³/mol. The second-order valence-electron chi connectivity index (χ2n) is 3.16. The number of hydrogen-bond donors (Lipinski definition) is 1. The van der Waals surface area contributed by atoms with Crippen molar-refractivity contribution in [2.75, 3.05) is 6.54 Å². The van der Waals surface area contributed by atoms with Crippen LogP contribution >= 0.6 is 11.6 Å². The fourth-order valence-corrected chi connectivity index (χ4v) is 1.37. The topological polar surface area (TPSA) is 77.6 Å². The van der Waals surface area contributed by atoms with Crippen LogP contribution in [0.5, 0.6) is 5.75 Å². The Morgan fingerprint density at radius 2 is 2.24 bits per heavy atom. The Hall–Kier alpha value is -2.02. The van der Waals surface area contributed by atoms with Crippen LogP contribution in [0.15, 0.2) is 23.5 Å². The Kier molecular flexibility index (Phi) is 9.70. The minimum absolute atomic E-state index is 0.000557. The molecule has 0 bridgehead atoms. The maximum absolute atomic E-state index is 12.3. The Bertz CT molecular complexity index is 508. The third-order valence-corrected chi connectivity index (χ3v) is 2.16. The van der Waals surface area contributed by atoms with Crippen LogP contribution in [0.2, 0.25) is 5.15 Å². The molecule has 1 heterocycles. The van der Waals surface area contributed by atoms with Crippen LogP contribution in [0.1, 0.15) is 19.4 Å². The summed E-state index contributed by atoms with van der Waals surface area (Å²) in [6, 6.07) is 1.14. The Balaban J connectivity index is 0.00000191. The Morgan fingerprint density at radius 1 is 1.57 bits per heavy atom. The van der Waals surface area contributed by atoms with Gasteiger partial charge in [-0.2, -0.15) is 8.78 Å². The fourth-order valence-electron chi connectivity index (χ4n) is 1.22. The number of halogens is 3. The number of aliphatic imine (C=N–C) groups is 1. The van der Waals surface area contributed by atoms with Crippen molar-refractivity contribution in [1.29, 1.82) is 0 Å². The molecule has 0 aliphatic carbocycles. The van der Waals surface area contributed by atoms with E-state index in [1.807, 2.05) is 13.8 Å². The van der Waals surface area contributed by atoms with Crippen molar-refractivity contribution in [3.05, 3.63) is 29.2 Å². The molecular weight excluding hydrogens is 304 g/mol. The lowest BCUT2D eigenvalue weighted by atomic mass is 10.1. The van der Waals surface area contributed by atoms with Crippen molar-refractivity contribution < 1.29 is 18.3 Å². The van der Waals surface area contributed by atoms with E-state index in [4.69, 9.17) is 17.3 Å². The van der Waals surface area contributed by atoms with Crippen LogP contribution in [0.3, 0.4) is 0 Å². The lowest BCUT2D eigenvalue weighted by Gasteiger charge is -2.10. The molecule has 0 saturated heterocycles. The molecule has 0 radical (unpaired) electrons. The molecule has 0 aliphatic heterocycles. The van der Waals surface area contributed by atoms with E-state index in [1.165, 1.54) is 12.4 Å². The molecular formula is C13H16ClF2N3O2. The first kappa shape index (κ1) is 19.0. The first-order chi connectivity index (χ1) is 10.1. The molecule has 0 fully saturated rings. The summed E-state index contributed by atoms with van der Waals surface area (Å²) in [5.41, 5.74) is 5.85. The molecule has 0 atom stereocenters. The van der Waals surface area contributed by atoms with Crippen molar-refractivity contribution in [3.8, 4) is 5.75 Å². The summed E-state index contributed by atoms with van der Waals surface area (Å²) >= 11 is 5.61. The lowest BCUT2D eigenvalue weighted by molar-refractivity contribution is -0.106. The minimum Gasteiger partial charge on any atom is -0.434 e. The van der Waals surface area contributed by atoms with Gasteiger partial charge in [0.25, 0.3) is 0 Å². The number of nitrogens with zero attached hydrogens (tertiary/aromatic N) is 2. The molecule has 1 aromatic rings. The summed E-state index contributed by atoms with van der Waals surface area (Å²) in [4.78, 5) is 17.6. The summed E-state index contributed by atoms with van der Waals surface area (Å²) in [6.45, 7) is 0.923. The zero-order chi connectivity index (χ0) is 16.3. The zero-order valence-corrected chi connectivity index (χ0v) is 12.3. The zero-order valence-electron chi connectivity index (χ0n) is 11.6. The van der Waals surface area contributed by atoms with E-state index >= 15 is 0 Å². The molecule has 8 heteroatoms. The highest BCUT2D eigenvalue weighted by atomic mass is 35.5. The molecule has 21 heavy (non-hydrogen) atoms. The second-order valence-corrected chi connectivity index (χ2v) is 3.55. The van der Waals surface area contributed by atoms with Crippen molar-refractivity contribution in [2.45, 2.75) is 20.5 Å². The molecule has 0 spiro atoms. The van der Waals surface area contributed by atoms with Gasteiger partial charge in [-0.1, -0.05) is 25.4 Å². The summed E-state index contributed by atoms with van der Waals surface area (Å²) in [5.74, 6) is -0.177. The third-order valence-electron chi connectivity index (χ3n) is 1.95. The molecule has 1 aromatic heterocycles. The van der Waals surface area contributed by atoms with E-state index in [0.29, 0.717) is 6.29 Å². The highest BCUT2D eigenvalue weighted by molar-refractivity contribution is 6.29. The molecule has 0 aromatic carbocycles. The number of rotatable bonds is 6. The first-order valence-electron chi connectivity index (χ1n) is 6.04. The average molecular weight is 320 g/mol. The molecule has 116 valence electrons. The van der Waals surface area contributed by atoms with Crippen LogP contribution in [-0.4, -0.2) is 30.6 Å². The van der Waals surface area contributed by atoms with Crippen LogP contribution in [0, 0.1) is 0 Å². The molecule has 0 saturated carbocycles. The van der Waals surface area contributed by atoms with E-state index in [1.54, 1.807) is 0 Å². The number of carbonyl (C=O) groups is 1. The van der Waals surface area contributed by atoms with Gasteiger partial charge in [0.05, 0.1) is 6.54 Å². The normalized spacial score (nSPS) is 11.2. The number of allylic oxidation sites excluding steroid dienone is 1. The highest BCUT2D eigenvalue weighted by Gasteiger charge is 2.13. The molecule has 2 N–H and O–H groups in total. The first-order valence-corrected chi connectivity index (χ1v) is 6.42. The fraction of sp³-hybridized carbons (Fsp3) is 0.308. The van der Waals surface area contributed by atoms with Gasteiger partial charge < -0.3 is 15.3 Å². The standard InChI is InChI=1S/C11H10ClF2N3O2.C2H6/c12-10-3-9(19-11(13)14)8(6-17-10)7(4-15)5-16-1-2-18;1-2/h2-6,11H,1,15H2;1-2H3/b7-4+,16-5?;. The number of aldehydes is 1. The van der Waals surface area contributed by atoms with Crippen molar-refractivity contribution >= 4 is 29.7 Å². The number of nitrogens with two attached hydrogens (primary N) is 1. The van der Waals surface area contributed by atoms with Gasteiger partial charge in [0.1, 0.15) is 17.2 Å². The van der Waals surface area contributed by atoms with E-state index in [-0.39, 0.29) is 28.6 Å². The molecule has 0 amide bonds. The summed E-state index contributed by atoms with van der Waals surface area (Å²) in [7, 11) is 0. The van der Waals surface area contributed by atoms with Gasteiger partial charge in [-0.25, -0.2) is 4.98 Å². The third kappa shape index (κ3) is 6.80. The second kappa shape index (κ2) is 10.7. The molecule has 1 rings (SSSR count).